The van der Waals surface area contributed by atoms with Crippen molar-refractivity contribution in [1.82, 2.24) is 0 Å². The van der Waals surface area contributed by atoms with Gasteiger partial charge in [-0.2, -0.15) is 0 Å². The van der Waals surface area contributed by atoms with Gasteiger partial charge in [0.15, 0.2) is 0 Å². The lowest BCUT2D eigenvalue weighted by Gasteiger charge is -2.21. The van der Waals surface area contributed by atoms with Crippen LogP contribution in [0.3, 0.4) is 0 Å². The number of fused-ring (bicyclic) bond motifs is 11. The Balaban J connectivity index is 0.978. The van der Waals surface area contributed by atoms with E-state index in [1.807, 2.05) is 0 Å². The molecule has 0 saturated carbocycles. The molecule has 1 heterocycles. The minimum absolute atomic E-state index is 0.122. The fourth-order valence-corrected chi connectivity index (χ4v) is 9.85. The third kappa shape index (κ3) is 4.43. The van der Waals surface area contributed by atoms with Crippen molar-refractivity contribution in [2.45, 2.75) is 19.3 Å². The Kier molecular flexibility index (Phi) is 6.46. The van der Waals surface area contributed by atoms with Crippen molar-refractivity contribution in [3.63, 3.8) is 0 Å². The first-order chi connectivity index (χ1) is 27.5. The summed E-state index contributed by atoms with van der Waals surface area (Å²) in [6, 6.07) is 67.2. The monoisotopic (exact) mass is 712 g/mol. The van der Waals surface area contributed by atoms with Crippen LogP contribution in [0.1, 0.15) is 25.0 Å². The van der Waals surface area contributed by atoms with Crippen molar-refractivity contribution in [3.8, 4) is 44.5 Å². The molecule has 262 valence electrons. The summed E-state index contributed by atoms with van der Waals surface area (Å²) in [6.07, 6.45) is 0. The number of rotatable bonds is 3. The molecule has 1 aliphatic rings. The van der Waals surface area contributed by atoms with Gasteiger partial charge in [-0.05, 0) is 124 Å². The largest absolute Gasteiger partial charge is 0.455 e. The van der Waals surface area contributed by atoms with Crippen LogP contribution < -0.4 is 0 Å². The van der Waals surface area contributed by atoms with E-state index in [0.29, 0.717) is 0 Å². The fraction of sp³-hybridized carbons (Fsp3) is 0.0545. The van der Waals surface area contributed by atoms with Crippen LogP contribution in [0.4, 0.5) is 0 Å². The minimum atomic E-state index is -0.122. The standard InChI is InChI=1S/C55H36O/c1-55(2)49-28-26-38(30-46(49)47-32-51-48(31-50(47)55)45-27-25-35-12-5-6-14-40(35)54(45)56-51)34-19-22-36(23-20-34)52-41-15-7-9-17-43(41)53(44-18-10-8-16-42(44)52)39-24-21-33-11-3-4-13-37(33)29-39/h3-32H,1-2H3. The van der Waals surface area contributed by atoms with Crippen LogP contribution >= 0.6 is 0 Å². The highest BCUT2D eigenvalue weighted by Gasteiger charge is 2.36. The van der Waals surface area contributed by atoms with Crippen molar-refractivity contribution >= 4 is 65.0 Å². The number of furan rings is 1. The summed E-state index contributed by atoms with van der Waals surface area (Å²) in [5.74, 6) is 0. The summed E-state index contributed by atoms with van der Waals surface area (Å²) in [5.41, 5.74) is 14.5. The van der Waals surface area contributed by atoms with Gasteiger partial charge in [-0.15, -0.1) is 0 Å². The molecule has 10 aromatic carbocycles. The van der Waals surface area contributed by atoms with Crippen LogP contribution in [0.5, 0.6) is 0 Å². The zero-order valence-corrected chi connectivity index (χ0v) is 31.2. The number of hydrogen-bond acceptors (Lipinski definition) is 1. The first-order valence-corrected chi connectivity index (χ1v) is 19.6. The second kappa shape index (κ2) is 11.5. The average molecular weight is 713 g/mol. The maximum Gasteiger partial charge on any atom is 0.143 e. The molecule has 0 bridgehead atoms. The molecule has 0 fully saturated rings. The van der Waals surface area contributed by atoms with Crippen LogP contribution in [0.2, 0.25) is 0 Å². The summed E-state index contributed by atoms with van der Waals surface area (Å²) in [7, 11) is 0. The molecular formula is C55H36O. The first kappa shape index (κ1) is 31.4. The highest BCUT2D eigenvalue weighted by atomic mass is 16.3. The van der Waals surface area contributed by atoms with Gasteiger partial charge in [0.05, 0.1) is 0 Å². The molecule has 0 radical (unpaired) electrons. The molecule has 1 nitrogen and oxygen atoms in total. The van der Waals surface area contributed by atoms with E-state index < -0.39 is 0 Å². The Morgan fingerprint density at radius 3 is 1.59 bits per heavy atom. The van der Waals surface area contributed by atoms with Gasteiger partial charge in [-0.1, -0.05) is 166 Å². The molecule has 0 N–H and O–H groups in total. The van der Waals surface area contributed by atoms with Crippen LogP contribution in [0.25, 0.3) is 110 Å². The topological polar surface area (TPSA) is 13.1 Å². The normalized spacial score (nSPS) is 13.3. The van der Waals surface area contributed by atoms with Gasteiger partial charge in [0.2, 0.25) is 0 Å². The lowest BCUT2D eigenvalue weighted by atomic mass is 9.81. The van der Waals surface area contributed by atoms with Gasteiger partial charge >= 0.3 is 0 Å². The zero-order chi connectivity index (χ0) is 37.1. The second-order valence-electron chi connectivity index (χ2n) is 16.0. The highest BCUT2D eigenvalue weighted by Crippen LogP contribution is 2.52. The lowest BCUT2D eigenvalue weighted by Crippen LogP contribution is -2.14. The van der Waals surface area contributed by atoms with E-state index in [2.05, 4.69) is 196 Å². The molecule has 12 rings (SSSR count). The van der Waals surface area contributed by atoms with Gasteiger partial charge in [-0.25, -0.2) is 0 Å². The average Bonchev–Trinajstić information content (AvgIpc) is 3.73. The summed E-state index contributed by atoms with van der Waals surface area (Å²) in [4.78, 5) is 0. The van der Waals surface area contributed by atoms with Gasteiger partial charge in [0, 0.05) is 21.6 Å². The smallest absolute Gasteiger partial charge is 0.143 e. The van der Waals surface area contributed by atoms with E-state index in [1.54, 1.807) is 0 Å². The molecule has 0 aliphatic heterocycles. The van der Waals surface area contributed by atoms with E-state index in [4.69, 9.17) is 4.42 Å². The Labute approximate surface area is 325 Å². The Morgan fingerprint density at radius 1 is 0.339 bits per heavy atom. The fourth-order valence-electron chi connectivity index (χ4n) is 9.85. The third-order valence-electron chi connectivity index (χ3n) is 12.6. The van der Waals surface area contributed by atoms with Gasteiger partial charge in [0.1, 0.15) is 11.2 Å². The zero-order valence-electron chi connectivity index (χ0n) is 31.2. The predicted octanol–water partition coefficient (Wildman–Crippen LogP) is 15.5. The van der Waals surface area contributed by atoms with E-state index in [-0.39, 0.29) is 5.41 Å². The van der Waals surface area contributed by atoms with Crippen molar-refractivity contribution in [3.05, 3.63) is 193 Å². The molecule has 56 heavy (non-hydrogen) atoms. The van der Waals surface area contributed by atoms with E-state index in [9.17, 15) is 0 Å². The Morgan fingerprint density at radius 2 is 0.875 bits per heavy atom. The lowest BCUT2D eigenvalue weighted by molar-refractivity contribution is 0.658. The quantitative estimate of drug-likeness (QED) is 0.166. The van der Waals surface area contributed by atoms with Crippen LogP contribution in [-0.2, 0) is 5.41 Å². The summed E-state index contributed by atoms with van der Waals surface area (Å²) in [6.45, 7) is 4.71. The molecule has 1 heteroatoms. The maximum atomic E-state index is 6.65. The summed E-state index contributed by atoms with van der Waals surface area (Å²) < 4.78 is 6.65. The van der Waals surface area contributed by atoms with Crippen molar-refractivity contribution < 1.29 is 4.42 Å². The van der Waals surface area contributed by atoms with E-state index in [0.717, 1.165) is 16.6 Å². The molecule has 1 aromatic heterocycles. The second-order valence-corrected chi connectivity index (χ2v) is 16.0. The summed E-state index contributed by atoms with van der Waals surface area (Å²) >= 11 is 0. The molecule has 0 spiro atoms. The van der Waals surface area contributed by atoms with Gasteiger partial charge in [-0.3, -0.25) is 0 Å². The number of benzene rings is 10. The minimum Gasteiger partial charge on any atom is -0.455 e. The third-order valence-corrected chi connectivity index (χ3v) is 12.6. The first-order valence-electron chi connectivity index (χ1n) is 19.6. The number of hydrogen-bond donors (Lipinski definition) is 0. The van der Waals surface area contributed by atoms with E-state index in [1.165, 1.54) is 104 Å². The SMILES string of the molecule is CC1(C)c2ccc(-c3ccc(-c4c5ccccc5c(-c5ccc6ccccc6c5)c5ccccc45)cc3)cc2-c2cc3oc4c5ccccc5ccc4c3cc21. The van der Waals surface area contributed by atoms with Crippen LogP contribution in [0, 0.1) is 0 Å². The predicted molar refractivity (Wildman–Crippen MR) is 238 cm³/mol. The maximum absolute atomic E-state index is 6.65. The van der Waals surface area contributed by atoms with Crippen LogP contribution in [-0.4, -0.2) is 0 Å². The molecule has 1 aliphatic carbocycles. The molecule has 0 amide bonds. The van der Waals surface area contributed by atoms with E-state index >= 15 is 0 Å². The molecule has 0 unspecified atom stereocenters. The molecule has 11 aromatic rings. The molecule has 0 atom stereocenters. The highest BCUT2D eigenvalue weighted by molar-refractivity contribution is 6.22. The molecular weight excluding hydrogens is 677 g/mol. The van der Waals surface area contributed by atoms with Crippen molar-refractivity contribution in [2.24, 2.45) is 0 Å². The van der Waals surface area contributed by atoms with Gasteiger partial charge < -0.3 is 4.42 Å². The molecule has 0 saturated heterocycles. The van der Waals surface area contributed by atoms with Crippen LogP contribution in [0.15, 0.2) is 186 Å². The van der Waals surface area contributed by atoms with Crippen molar-refractivity contribution in [2.75, 3.05) is 0 Å². The van der Waals surface area contributed by atoms with Crippen molar-refractivity contribution in [1.29, 1.82) is 0 Å². The Bertz CT molecular complexity index is 3370. The van der Waals surface area contributed by atoms with Gasteiger partial charge in [0.25, 0.3) is 0 Å². The Hall–Kier alpha value is -6.96. The summed E-state index contributed by atoms with van der Waals surface area (Å²) in [5, 5.41) is 12.3.